The summed E-state index contributed by atoms with van der Waals surface area (Å²) in [5.41, 5.74) is 0. The molecule has 0 aromatic heterocycles. The zero-order chi connectivity index (χ0) is 15.4. The van der Waals surface area contributed by atoms with Gasteiger partial charge in [0.2, 0.25) is 0 Å². The highest BCUT2D eigenvalue weighted by molar-refractivity contribution is 5.83. The van der Waals surface area contributed by atoms with Gasteiger partial charge < -0.3 is 25.1 Å². The Hall–Kier alpha value is -1.38. The summed E-state index contributed by atoms with van der Waals surface area (Å²) in [6, 6.07) is -1.26. The van der Waals surface area contributed by atoms with E-state index in [2.05, 4.69) is 4.90 Å². The van der Waals surface area contributed by atoms with Gasteiger partial charge in [0, 0.05) is 39.1 Å². The van der Waals surface area contributed by atoms with E-state index in [4.69, 9.17) is 10.2 Å². The monoisotopic (exact) mass is 301 g/mol. The van der Waals surface area contributed by atoms with Crippen LogP contribution >= 0.6 is 0 Å². The molecule has 8 nitrogen and oxygen atoms in total. The molecule has 0 spiro atoms. The van der Waals surface area contributed by atoms with Gasteiger partial charge in [0.05, 0.1) is 12.7 Å². The Morgan fingerprint density at radius 3 is 2.57 bits per heavy atom. The van der Waals surface area contributed by atoms with Gasteiger partial charge in [-0.25, -0.2) is 9.59 Å². The van der Waals surface area contributed by atoms with Crippen LogP contribution in [0.3, 0.4) is 0 Å². The average Bonchev–Trinajstić information content (AvgIpc) is 2.68. The molecule has 2 fully saturated rings. The van der Waals surface area contributed by atoms with Crippen LogP contribution in [0, 0.1) is 0 Å². The van der Waals surface area contributed by atoms with Crippen molar-refractivity contribution in [3.05, 3.63) is 0 Å². The van der Waals surface area contributed by atoms with Gasteiger partial charge >= 0.3 is 12.0 Å². The lowest BCUT2D eigenvalue weighted by Gasteiger charge is -2.29. The molecule has 0 radical (unpaired) electrons. The Kier molecular flexibility index (Phi) is 5.38. The second-order valence-electron chi connectivity index (χ2n) is 5.58. The highest BCUT2D eigenvalue weighted by Gasteiger charge is 2.40. The third-order valence-electron chi connectivity index (χ3n) is 4.09. The van der Waals surface area contributed by atoms with Crippen LogP contribution in [-0.2, 0) is 4.79 Å². The molecule has 0 bridgehead atoms. The van der Waals surface area contributed by atoms with Crippen LogP contribution in [0.15, 0.2) is 0 Å². The molecular weight excluding hydrogens is 278 g/mol. The number of likely N-dealkylation sites (tertiary alicyclic amines) is 1. The van der Waals surface area contributed by atoms with Gasteiger partial charge in [0.15, 0.2) is 0 Å². The molecule has 3 N–H and O–H groups in total. The average molecular weight is 301 g/mol. The van der Waals surface area contributed by atoms with Crippen LogP contribution in [0.4, 0.5) is 4.79 Å². The van der Waals surface area contributed by atoms with Gasteiger partial charge in [0.1, 0.15) is 6.04 Å². The van der Waals surface area contributed by atoms with E-state index in [0.717, 1.165) is 13.0 Å². The highest BCUT2D eigenvalue weighted by Crippen LogP contribution is 2.20. The maximum absolute atomic E-state index is 12.5. The van der Waals surface area contributed by atoms with Crippen molar-refractivity contribution in [1.82, 2.24) is 14.7 Å². The zero-order valence-electron chi connectivity index (χ0n) is 12.0. The van der Waals surface area contributed by atoms with Gasteiger partial charge in [-0.3, -0.25) is 4.90 Å². The fourth-order valence-electron chi connectivity index (χ4n) is 2.97. The molecule has 0 saturated carbocycles. The molecule has 2 aliphatic rings. The number of urea groups is 1. The van der Waals surface area contributed by atoms with Crippen molar-refractivity contribution in [3.8, 4) is 0 Å². The minimum absolute atomic E-state index is 0.0760. The number of carbonyl (C=O) groups excluding carboxylic acids is 1. The van der Waals surface area contributed by atoms with Crippen LogP contribution in [0.5, 0.6) is 0 Å². The lowest BCUT2D eigenvalue weighted by molar-refractivity contribution is -0.141. The second-order valence-corrected chi connectivity index (χ2v) is 5.58. The summed E-state index contributed by atoms with van der Waals surface area (Å²) in [6.45, 7) is 3.31. The molecule has 2 heterocycles. The number of nitrogens with zero attached hydrogens (tertiary/aromatic N) is 3. The Labute approximate surface area is 123 Å². The maximum Gasteiger partial charge on any atom is 0.326 e. The molecular formula is C13H23N3O5. The van der Waals surface area contributed by atoms with Gasteiger partial charge in [-0.1, -0.05) is 0 Å². The molecule has 0 aromatic rings. The minimum atomic E-state index is -1.07. The molecule has 0 aliphatic carbocycles. The summed E-state index contributed by atoms with van der Waals surface area (Å²) in [5.74, 6) is -1.07. The van der Waals surface area contributed by atoms with Crippen LogP contribution in [0.25, 0.3) is 0 Å². The number of β-amino-alcohol motifs (C(OH)–C–C–N with tert-alkyl or cyclic N) is 2. The van der Waals surface area contributed by atoms with Crippen molar-refractivity contribution in [1.29, 1.82) is 0 Å². The van der Waals surface area contributed by atoms with E-state index in [1.54, 1.807) is 4.90 Å². The lowest BCUT2D eigenvalue weighted by atomic mass is 10.2. The first-order valence-corrected chi connectivity index (χ1v) is 7.32. The quantitative estimate of drug-likeness (QED) is 0.594. The number of aliphatic hydroxyl groups is 2. The Morgan fingerprint density at radius 2 is 1.90 bits per heavy atom. The Bertz CT molecular complexity index is 392. The first-order chi connectivity index (χ1) is 10.0. The van der Waals surface area contributed by atoms with E-state index in [1.807, 2.05) is 0 Å². The zero-order valence-corrected chi connectivity index (χ0v) is 12.0. The number of hydrogen-bond donors (Lipinski definition) is 3. The summed E-state index contributed by atoms with van der Waals surface area (Å²) >= 11 is 0. The summed E-state index contributed by atoms with van der Waals surface area (Å²) in [7, 11) is 0. The summed E-state index contributed by atoms with van der Waals surface area (Å²) < 4.78 is 0. The number of carboxylic acids is 1. The van der Waals surface area contributed by atoms with E-state index in [-0.39, 0.29) is 25.6 Å². The molecule has 2 atom stereocenters. The smallest absolute Gasteiger partial charge is 0.326 e. The largest absolute Gasteiger partial charge is 0.480 e. The maximum atomic E-state index is 12.5. The van der Waals surface area contributed by atoms with E-state index >= 15 is 0 Å². The van der Waals surface area contributed by atoms with Crippen LogP contribution in [-0.4, -0.2) is 100 Å². The first kappa shape index (κ1) is 16.0. The molecule has 2 aliphatic heterocycles. The standard InChI is InChI=1S/C13H23N3O5/c17-7-6-14-2-1-3-15(5-4-14)13(21)16-9-10(18)8-11(16)12(19)20/h10-11,17-18H,1-9H2,(H,19,20)/t10?,11-/m0/s1. The first-order valence-electron chi connectivity index (χ1n) is 7.32. The second kappa shape index (κ2) is 7.06. The Balaban J connectivity index is 1.97. The summed E-state index contributed by atoms with van der Waals surface area (Å²) in [5, 5.41) is 27.7. The van der Waals surface area contributed by atoms with Crippen molar-refractivity contribution in [2.45, 2.75) is 25.0 Å². The van der Waals surface area contributed by atoms with E-state index in [1.165, 1.54) is 4.90 Å². The molecule has 0 aromatic carbocycles. The van der Waals surface area contributed by atoms with Crippen molar-refractivity contribution in [2.24, 2.45) is 0 Å². The molecule has 120 valence electrons. The van der Waals surface area contributed by atoms with Crippen molar-refractivity contribution in [2.75, 3.05) is 45.9 Å². The summed E-state index contributed by atoms with van der Waals surface area (Å²) in [6.07, 6.45) is 0.110. The predicted octanol–water partition coefficient (Wildman–Crippen LogP) is -1.37. The highest BCUT2D eigenvalue weighted by atomic mass is 16.4. The van der Waals surface area contributed by atoms with Crippen molar-refractivity contribution in [3.63, 3.8) is 0 Å². The number of aliphatic carboxylic acids is 1. The minimum Gasteiger partial charge on any atom is -0.480 e. The fraction of sp³-hybridized carbons (Fsp3) is 0.846. The molecule has 8 heteroatoms. The number of hydrogen-bond acceptors (Lipinski definition) is 5. The number of rotatable bonds is 3. The Morgan fingerprint density at radius 1 is 1.14 bits per heavy atom. The van der Waals surface area contributed by atoms with E-state index in [9.17, 15) is 14.7 Å². The lowest BCUT2D eigenvalue weighted by Crippen LogP contribution is -2.49. The number of carbonyl (C=O) groups is 2. The fourth-order valence-corrected chi connectivity index (χ4v) is 2.97. The van der Waals surface area contributed by atoms with Gasteiger partial charge in [-0.05, 0) is 13.0 Å². The van der Waals surface area contributed by atoms with E-state index < -0.39 is 18.1 Å². The van der Waals surface area contributed by atoms with E-state index in [0.29, 0.717) is 26.2 Å². The SMILES string of the molecule is O=C(O)[C@@H]1CC(O)CN1C(=O)N1CCCN(CCO)CC1. The molecule has 1 unspecified atom stereocenters. The molecule has 2 rings (SSSR count). The van der Waals surface area contributed by atoms with Gasteiger partial charge in [-0.15, -0.1) is 0 Å². The summed E-state index contributed by atoms with van der Waals surface area (Å²) in [4.78, 5) is 28.7. The van der Waals surface area contributed by atoms with Crippen LogP contribution < -0.4 is 0 Å². The normalized spacial score (nSPS) is 27.7. The molecule has 2 saturated heterocycles. The number of aliphatic hydroxyl groups excluding tert-OH is 2. The molecule has 21 heavy (non-hydrogen) atoms. The van der Waals surface area contributed by atoms with Gasteiger partial charge in [-0.2, -0.15) is 0 Å². The van der Waals surface area contributed by atoms with Crippen LogP contribution in [0.2, 0.25) is 0 Å². The van der Waals surface area contributed by atoms with Crippen molar-refractivity contribution >= 4 is 12.0 Å². The van der Waals surface area contributed by atoms with Gasteiger partial charge in [0.25, 0.3) is 0 Å². The number of carboxylic acid groups (broad SMARTS) is 1. The van der Waals surface area contributed by atoms with Crippen molar-refractivity contribution < 1.29 is 24.9 Å². The third-order valence-corrected chi connectivity index (χ3v) is 4.09. The third kappa shape index (κ3) is 3.84. The predicted molar refractivity (Wildman–Crippen MR) is 73.9 cm³/mol. The topological polar surface area (TPSA) is 105 Å². The van der Waals surface area contributed by atoms with Crippen LogP contribution in [0.1, 0.15) is 12.8 Å². The number of amides is 2. The molecule has 2 amide bonds.